The van der Waals surface area contributed by atoms with Crippen LogP contribution in [-0.2, 0) is 4.79 Å². The summed E-state index contributed by atoms with van der Waals surface area (Å²) in [6, 6.07) is 15.0. The molecule has 7 heteroatoms. The first-order chi connectivity index (χ1) is 13.5. The first-order valence-electron chi connectivity index (χ1n) is 9.20. The first-order valence-corrected chi connectivity index (χ1v) is 9.20. The number of hydrogen-bond acceptors (Lipinski definition) is 5. The van der Waals surface area contributed by atoms with Crippen molar-refractivity contribution < 1.29 is 21.9 Å². The predicted octanol–water partition coefficient (Wildman–Crippen LogP) is 1.31. The maximum absolute atomic E-state index is 12.4. The van der Waals surface area contributed by atoms with E-state index >= 15 is 0 Å². The van der Waals surface area contributed by atoms with E-state index in [0.717, 1.165) is 30.0 Å². The topological polar surface area (TPSA) is 77.4 Å². The third-order valence-electron chi connectivity index (χ3n) is 4.43. The van der Waals surface area contributed by atoms with E-state index in [9.17, 15) is 10.1 Å². The number of methoxy groups -OCH3 is 1. The number of carbonyl (C=O) groups is 1. The predicted molar refractivity (Wildman–Crippen MR) is 114 cm³/mol. The van der Waals surface area contributed by atoms with Crippen LogP contribution in [0.4, 0.5) is 17.1 Å². The van der Waals surface area contributed by atoms with Crippen molar-refractivity contribution in [1.29, 1.82) is 5.26 Å². The molecule has 1 amide bonds. The largest absolute Gasteiger partial charge is 1.00 e. The average Bonchev–Trinajstić information content (AvgIpc) is 2.71. The second-order valence-corrected chi connectivity index (χ2v) is 6.14. The number of anilines is 3. The standard InChI is InChI=1S/C22H26N4O2.ClH/c1-5-26(6-2)18-11-12-19(16(3)13-18)24-15-17(14-23)22(27)25-20-9-7-8-10-21(20)28-4;/h7-13,15,24H,5-6H2,1-4H3,(H,25,27);1H/p-1/b17-15-;. The molecule has 0 aliphatic carbocycles. The Morgan fingerprint density at radius 2 is 1.86 bits per heavy atom. The average molecular weight is 414 g/mol. The number of amides is 1. The summed E-state index contributed by atoms with van der Waals surface area (Å²) in [5.74, 6) is 0.0286. The van der Waals surface area contributed by atoms with E-state index in [1.54, 1.807) is 18.2 Å². The Morgan fingerprint density at radius 1 is 1.17 bits per heavy atom. The fourth-order valence-corrected chi connectivity index (χ4v) is 2.83. The van der Waals surface area contributed by atoms with Crippen LogP contribution in [0.5, 0.6) is 5.75 Å². The molecule has 154 valence electrons. The molecular weight excluding hydrogens is 388 g/mol. The minimum Gasteiger partial charge on any atom is -1.00 e. The van der Waals surface area contributed by atoms with Gasteiger partial charge in [-0.3, -0.25) is 4.79 Å². The van der Waals surface area contributed by atoms with E-state index < -0.39 is 5.91 Å². The lowest BCUT2D eigenvalue weighted by Crippen LogP contribution is -3.00. The quantitative estimate of drug-likeness (QED) is 0.504. The zero-order chi connectivity index (χ0) is 20.5. The van der Waals surface area contributed by atoms with Gasteiger partial charge in [0.1, 0.15) is 17.4 Å². The van der Waals surface area contributed by atoms with Crippen LogP contribution >= 0.6 is 0 Å². The lowest BCUT2D eigenvalue weighted by molar-refractivity contribution is -0.112. The van der Waals surface area contributed by atoms with E-state index in [1.165, 1.54) is 13.3 Å². The third kappa shape index (κ3) is 6.16. The van der Waals surface area contributed by atoms with Crippen molar-refractivity contribution in [2.45, 2.75) is 20.8 Å². The molecule has 2 rings (SSSR count). The number of aryl methyl sites for hydroxylation is 1. The molecular formula is C22H26ClN4O2-. The van der Waals surface area contributed by atoms with Gasteiger partial charge in [0, 0.05) is 30.7 Å². The van der Waals surface area contributed by atoms with Crippen LogP contribution in [0, 0.1) is 18.3 Å². The van der Waals surface area contributed by atoms with Gasteiger partial charge in [-0.2, -0.15) is 5.26 Å². The summed E-state index contributed by atoms with van der Waals surface area (Å²) in [6.07, 6.45) is 1.42. The van der Waals surface area contributed by atoms with Gasteiger partial charge in [0.05, 0.1) is 12.8 Å². The molecule has 0 aliphatic rings. The molecule has 0 spiro atoms. The van der Waals surface area contributed by atoms with Crippen molar-refractivity contribution in [3.05, 3.63) is 59.8 Å². The number of rotatable bonds is 8. The van der Waals surface area contributed by atoms with Gasteiger partial charge in [-0.25, -0.2) is 0 Å². The second-order valence-electron chi connectivity index (χ2n) is 6.14. The zero-order valence-electron chi connectivity index (χ0n) is 17.1. The van der Waals surface area contributed by atoms with Crippen LogP contribution in [0.1, 0.15) is 19.4 Å². The number of nitriles is 1. The summed E-state index contributed by atoms with van der Waals surface area (Å²) in [5.41, 5.74) is 3.50. The molecule has 0 atom stereocenters. The Hall–Kier alpha value is -3.17. The zero-order valence-corrected chi connectivity index (χ0v) is 17.9. The van der Waals surface area contributed by atoms with E-state index in [-0.39, 0.29) is 18.0 Å². The summed E-state index contributed by atoms with van der Waals surface area (Å²) in [7, 11) is 1.53. The first kappa shape index (κ1) is 23.9. The highest BCUT2D eigenvalue weighted by molar-refractivity contribution is 6.07. The van der Waals surface area contributed by atoms with Gasteiger partial charge in [0.15, 0.2) is 0 Å². The fourth-order valence-electron chi connectivity index (χ4n) is 2.83. The number of hydrogen-bond donors (Lipinski definition) is 2. The van der Waals surface area contributed by atoms with Crippen molar-refractivity contribution in [1.82, 2.24) is 0 Å². The van der Waals surface area contributed by atoms with E-state index in [4.69, 9.17) is 4.74 Å². The lowest BCUT2D eigenvalue weighted by Gasteiger charge is -2.22. The monoisotopic (exact) mass is 413 g/mol. The number of ether oxygens (including phenoxy) is 1. The van der Waals surface area contributed by atoms with Gasteiger partial charge < -0.3 is 32.7 Å². The molecule has 0 saturated heterocycles. The minimum atomic E-state index is -0.503. The Bertz CT molecular complexity index is 902. The molecule has 2 N–H and O–H groups in total. The van der Waals surface area contributed by atoms with E-state index in [2.05, 4.69) is 35.4 Å². The van der Waals surface area contributed by atoms with Gasteiger partial charge in [0.25, 0.3) is 5.91 Å². The van der Waals surface area contributed by atoms with Crippen LogP contribution in [-0.4, -0.2) is 26.1 Å². The van der Waals surface area contributed by atoms with Crippen molar-refractivity contribution in [3.63, 3.8) is 0 Å². The molecule has 6 nitrogen and oxygen atoms in total. The Kier molecular flexibility index (Phi) is 9.57. The molecule has 0 fully saturated rings. The van der Waals surface area contributed by atoms with E-state index in [1.807, 2.05) is 31.2 Å². The van der Waals surface area contributed by atoms with E-state index in [0.29, 0.717) is 11.4 Å². The number of para-hydroxylation sites is 2. The third-order valence-corrected chi connectivity index (χ3v) is 4.43. The molecule has 0 aliphatic heterocycles. The van der Waals surface area contributed by atoms with Crippen LogP contribution in [0.15, 0.2) is 54.2 Å². The van der Waals surface area contributed by atoms with Crippen molar-refractivity contribution in [2.75, 3.05) is 35.7 Å². The normalized spacial score (nSPS) is 10.4. The maximum atomic E-state index is 12.4. The number of carbonyl (C=O) groups excluding carboxylic acids is 1. The van der Waals surface area contributed by atoms with Gasteiger partial charge in [-0.15, -0.1) is 0 Å². The molecule has 29 heavy (non-hydrogen) atoms. The van der Waals surface area contributed by atoms with Crippen LogP contribution in [0.25, 0.3) is 0 Å². The lowest BCUT2D eigenvalue weighted by atomic mass is 10.1. The van der Waals surface area contributed by atoms with Gasteiger partial charge in [0.2, 0.25) is 0 Å². The van der Waals surface area contributed by atoms with Gasteiger partial charge in [-0.05, 0) is 56.7 Å². The summed E-state index contributed by atoms with van der Waals surface area (Å²) >= 11 is 0. The van der Waals surface area contributed by atoms with Crippen LogP contribution in [0.3, 0.4) is 0 Å². The van der Waals surface area contributed by atoms with Gasteiger partial charge in [-0.1, -0.05) is 12.1 Å². The molecule has 2 aromatic carbocycles. The summed E-state index contributed by atoms with van der Waals surface area (Å²) < 4.78 is 5.22. The number of nitrogens with one attached hydrogen (secondary N) is 2. The van der Waals surface area contributed by atoms with Crippen molar-refractivity contribution in [3.8, 4) is 11.8 Å². The van der Waals surface area contributed by atoms with Crippen molar-refractivity contribution in [2.24, 2.45) is 0 Å². The van der Waals surface area contributed by atoms with Crippen LogP contribution in [0.2, 0.25) is 0 Å². The highest BCUT2D eigenvalue weighted by Gasteiger charge is 2.12. The second kappa shape index (κ2) is 11.6. The molecule has 2 aromatic rings. The number of nitrogens with zero attached hydrogens (tertiary/aromatic N) is 2. The molecule has 0 bridgehead atoms. The fraction of sp³-hybridized carbons (Fsp3) is 0.273. The summed E-state index contributed by atoms with van der Waals surface area (Å²) in [4.78, 5) is 14.7. The molecule has 0 unspecified atom stereocenters. The summed E-state index contributed by atoms with van der Waals surface area (Å²) in [5, 5.41) is 15.1. The van der Waals surface area contributed by atoms with Crippen molar-refractivity contribution >= 4 is 23.0 Å². The molecule has 0 heterocycles. The van der Waals surface area contributed by atoms with Crippen LogP contribution < -0.4 is 32.7 Å². The minimum absolute atomic E-state index is 0. The Labute approximate surface area is 178 Å². The highest BCUT2D eigenvalue weighted by atomic mass is 35.5. The number of benzene rings is 2. The van der Waals surface area contributed by atoms with Gasteiger partial charge >= 0.3 is 0 Å². The highest BCUT2D eigenvalue weighted by Crippen LogP contribution is 2.24. The number of halogens is 1. The Morgan fingerprint density at radius 3 is 2.45 bits per heavy atom. The SMILES string of the molecule is CCN(CC)c1ccc(N/C=C(/C#N)C(=O)Nc2ccccc2OC)c(C)c1.[Cl-]. The molecule has 0 radical (unpaired) electrons. The molecule has 0 saturated carbocycles. The molecule has 0 aromatic heterocycles. The Balaban J connectivity index is 0.00000420. The summed E-state index contributed by atoms with van der Waals surface area (Å²) in [6.45, 7) is 8.10. The smallest absolute Gasteiger partial charge is 0.267 e. The maximum Gasteiger partial charge on any atom is 0.267 e.